The van der Waals surface area contributed by atoms with Gasteiger partial charge in [-0.2, -0.15) is 0 Å². The lowest BCUT2D eigenvalue weighted by Crippen LogP contribution is -2.23. The van der Waals surface area contributed by atoms with Crippen molar-refractivity contribution in [3.8, 4) is 5.75 Å². The molecule has 0 unspecified atom stereocenters. The van der Waals surface area contributed by atoms with Gasteiger partial charge in [0.1, 0.15) is 11.6 Å². The molecule has 0 radical (unpaired) electrons. The summed E-state index contributed by atoms with van der Waals surface area (Å²) in [4.78, 5) is 24.6. The Bertz CT molecular complexity index is 1030. The van der Waals surface area contributed by atoms with Gasteiger partial charge in [-0.05, 0) is 30.3 Å². The summed E-state index contributed by atoms with van der Waals surface area (Å²) >= 11 is 6.02. The average molecular weight is 387 g/mol. The molecule has 27 heavy (non-hydrogen) atoms. The molecule has 1 amide bonds. The Morgan fingerprint density at radius 3 is 2.70 bits per heavy atom. The molecule has 0 spiro atoms. The predicted octanol–water partition coefficient (Wildman–Crippen LogP) is 3.95. The Labute approximate surface area is 160 Å². The van der Waals surface area contributed by atoms with Crippen LogP contribution in [-0.2, 0) is 6.54 Å². The second kappa shape index (κ2) is 8.05. The third-order valence-electron chi connectivity index (χ3n) is 3.96. The zero-order valence-electron chi connectivity index (χ0n) is 14.4. The second-order valence-corrected chi connectivity index (χ2v) is 6.18. The molecule has 2 aromatic carbocycles. The first-order valence-electron chi connectivity index (χ1n) is 8.06. The van der Waals surface area contributed by atoms with Crippen LogP contribution in [0.4, 0.5) is 10.1 Å². The molecule has 0 aliphatic heterocycles. The SMILES string of the molecule is COc1cccc(NC(=O)c2ccc(=O)n(Cc3c(F)cccc3Cl)c2)c1. The van der Waals surface area contributed by atoms with Gasteiger partial charge < -0.3 is 14.6 Å². The number of carbonyl (C=O) groups excluding carboxylic acids is 1. The minimum absolute atomic E-state index is 0.0788. The van der Waals surface area contributed by atoms with E-state index in [0.29, 0.717) is 11.4 Å². The first-order valence-corrected chi connectivity index (χ1v) is 8.44. The molecule has 138 valence electrons. The van der Waals surface area contributed by atoms with Crippen LogP contribution in [0.1, 0.15) is 15.9 Å². The Hall–Kier alpha value is -3.12. The van der Waals surface area contributed by atoms with Gasteiger partial charge in [0.05, 0.1) is 19.2 Å². The van der Waals surface area contributed by atoms with Gasteiger partial charge in [0.15, 0.2) is 0 Å². The van der Waals surface area contributed by atoms with E-state index in [4.69, 9.17) is 16.3 Å². The normalized spacial score (nSPS) is 10.5. The molecule has 0 aliphatic carbocycles. The monoisotopic (exact) mass is 386 g/mol. The van der Waals surface area contributed by atoms with Crippen LogP contribution in [0.3, 0.4) is 0 Å². The highest BCUT2D eigenvalue weighted by atomic mass is 35.5. The summed E-state index contributed by atoms with van der Waals surface area (Å²) in [5, 5.41) is 2.95. The Kier molecular flexibility index (Phi) is 5.57. The van der Waals surface area contributed by atoms with Crippen LogP contribution in [0, 0.1) is 5.82 Å². The van der Waals surface area contributed by atoms with E-state index in [2.05, 4.69) is 5.32 Å². The highest BCUT2D eigenvalue weighted by Gasteiger charge is 2.12. The smallest absolute Gasteiger partial charge is 0.257 e. The maximum atomic E-state index is 14.0. The molecule has 0 saturated heterocycles. The van der Waals surface area contributed by atoms with Crippen LogP contribution in [0.5, 0.6) is 5.75 Å². The molecule has 5 nitrogen and oxygen atoms in total. The van der Waals surface area contributed by atoms with Gasteiger partial charge in [-0.25, -0.2) is 4.39 Å². The quantitative estimate of drug-likeness (QED) is 0.722. The van der Waals surface area contributed by atoms with Gasteiger partial charge in [0.2, 0.25) is 0 Å². The molecule has 0 atom stereocenters. The lowest BCUT2D eigenvalue weighted by molar-refractivity contribution is 0.102. The van der Waals surface area contributed by atoms with Crippen LogP contribution in [-0.4, -0.2) is 17.6 Å². The minimum Gasteiger partial charge on any atom is -0.497 e. The summed E-state index contributed by atoms with van der Waals surface area (Å²) in [6, 6.07) is 13.9. The van der Waals surface area contributed by atoms with Crippen LogP contribution >= 0.6 is 11.6 Å². The number of hydrogen-bond acceptors (Lipinski definition) is 3. The van der Waals surface area contributed by atoms with Crippen molar-refractivity contribution in [2.24, 2.45) is 0 Å². The zero-order chi connectivity index (χ0) is 19.4. The minimum atomic E-state index is -0.513. The van der Waals surface area contributed by atoms with E-state index < -0.39 is 11.7 Å². The number of pyridine rings is 1. The van der Waals surface area contributed by atoms with Crippen molar-refractivity contribution < 1.29 is 13.9 Å². The van der Waals surface area contributed by atoms with Crippen molar-refractivity contribution in [1.82, 2.24) is 4.57 Å². The largest absolute Gasteiger partial charge is 0.497 e. The maximum Gasteiger partial charge on any atom is 0.257 e. The fourth-order valence-electron chi connectivity index (χ4n) is 2.55. The van der Waals surface area contributed by atoms with E-state index in [0.717, 1.165) is 0 Å². The van der Waals surface area contributed by atoms with Crippen molar-refractivity contribution in [2.75, 3.05) is 12.4 Å². The van der Waals surface area contributed by atoms with E-state index in [-0.39, 0.29) is 28.3 Å². The van der Waals surface area contributed by atoms with E-state index in [9.17, 15) is 14.0 Å². The third kappa shape index (κ3) is 4.35. The number of amides is 1. The highest BCUT2D eigenvalue weighted by molar-refractivity contribution is 6.31. The predicted molar refractivity (Wildman–Crippen MR) is 102 cm³/mol. The number of hydrogen-bond donors (Lipinski definition) is 1. The number of carbonyl (C=O) groups is 1. The Balaban J connectivity index is 1.86. The highest BCUT2D eigenvalue weighted by Crippen LogP contribution is 2.20. The van der Waals surface area contributed by atoms with Crippen LogP contribution in [0.2, 0.25) is 5.02 Å². The molecule has 1 N–H and O–H groups in total. The number of nitrogens with zero attached hydrogens (tertiary/aromatic N) is 1. The summed E-state index contributed by atoms with van der Waals surface area (Å²) in [6.45, 7) is -0.0788. The molecule has 1 aromatic heterocycles. The van der Waals surface area contributed by atoms with Crippen molar-refractivity contribution >= 4 is 23.2 Å². The topological polar surface area (TPSA) is 60.3 Å². The van der Waals surface area contributed by atoms with Crippen LogP contribution in [0.25, 0.3) is 0 Å². The lowest BCUT2D eigenvalue weighted by atomic mass is 10.2. The fourth-order valence-corrected chi connectivity index (χ4v) is 2.77. The van der Waals surface area contributed by atoms with E-state index in [1.165, 1.54) is 42.1 Å². The lowest BCUT2D eigenvalue weighted by Gasteiger charge is -2.11. The van der Waals surface area contributed by atoms with E-state index >= 15 is 0 Å². The fraction of sp³-hybridized carbons (Fsp3) is 0.100. The van der Waals surface area contributed by atoms with Crippen molar-refractivity contribution in [1.29, 1.82) is 0 Å². The molecule has 0 fully saturated rings. The number of halogens is 2. The van der Waals surface area contributed by atoms with Gasteiger partial charge in [0, 0.05) is 34.6 Å². The van der Waals surface area contributed by atoms with Crippen LogP contribution in [0.15, 0.2) is 65.6 Å². The Morgan fingerprint density at radius 2 is 1.96 bits per heavy atom. The summed E-state index contributed by atoms with van der Waals surface area (Å²) in [7, 11) is 1.53. The van der Waals surface area contributed by atoms with Crippen LogP contribution < -0.4 is 15.6 Å². The molecule has 3 rings (SSSR count). The summed E-state index contributed by atoms with van der Waals surface area (Å²) < 4.78 is 20.4. The number of anilines is 1. The molecule has 1 heterocycles. The molecule has 3 aromatic rings. The van der Waals surface area contributed by atoms with Gasteiger partial charge in [0.25, 0.3) is 11.5 Å². The van der Waals surface area contributed by atoms with Gasteiger partial charge >= 0.3 is 0 Å². The second-order valence-electron chi connectivity index (χ2n) is 5.77. The van der Waals surface area contributed by atoms with Crippen molar-refractivity contribution in [3.05, 3.63) is 93.1 Å². The third-order valence-corrected chi connectivity index (χ3v) is 4.32. The summed E-state index contributed by atoms with van der Waals surface area (Å²) in [6.07, 6.45) is 1.38. The van der Waals surface area contributed by atoms with Gasteiger partial charge in [-0.3, -0.25) is 9.59 Å². The molecular weight excluding hydrogens is 371 g/mol. The first kappa shape index (κ1) is 18.7. The van der Waals surface area contributed by atoms with Crippen molar-refractivity contribution in [3.63, 3.8) is 0 Å². The first-order chi connectivity index (χ1) is 13.0. The van der Waals surface area contributed by atoms with Crippen molar-refractivity contribution in [2.45, 2.75) is 6.54 Å². The number of nitrogens with one attached hydrogen (secondary N) is 1. The average Bonchev–Trinajstić information content (AvgIpc) is 2.66. The number of methoxy groups -OCH3 is 1. The maximum absolute atomic E-state index is 14.0. The summed E-state index contributed by atoms with van der Waals surface area (Å²) in [5.74, 6) is -0.316. The van der Waals surface area contributed by atoms with E-state index in [1.807, 2.05) is 0 Å². The van der Waals surface area contributed by atoms with E-state index in [1.54, 1.807) is 30.3 Å². The molecule has 7 heteroatoms. The number of benzene rings is 2. The number of rotatable bonds is 5. The molecular formula is C20H16ClFN2O3. The summed E-state index contributed by atoms with van der Waals surface area (Å²) in [5.41, 5.74) is 0.623. The molecule has 0 saturated carbocycles. The number of aromatic nitrogens is 1. The molecule has 0 bridgehead atoms. The Morgan fingerprint density at radius 1 is 1.19 bits per heavy atom. The van der Waals surface area contributed by atoms with Gasteiger partial charge in [-0.1, -0.05) is 23.7 Å². The zero-order valence-corrected chi connectivity index (χ0v) is 15.2. The molecule has 0 aliphatic rings. The van der Waals surface area contributed by atoms with Gasteiger partial charge in [-0.15, -0.1) is 0 Å². The number of ether oxygens (including phenoxy) is 1. The standard InChI is InChI=1S/C20H16ClFN2O3/c1-27-15-5-2-4-14(10-15)23-20(26)13-8-9-19(25)24(11-13)12-16-17(21)6-3-7-18(16)22/h2-11H,12H2,1H3,(H,23,26).